The van der Waals surface area contributed by atoms with Crippen LogP contribution in [0.2, 0.25) is 0 Å². The lowest BCUT2D eigenvalue weighted by atomic mass is 9.98. The van der Waals surface area contributed by atoms with Crippen LogP contribution in [-0.4, -0.2) is 22.5 Å². The van der Waals surface area contributed by atoms with Gasteiger partial charge in [0.05, 0.1) is 0 Å². The van der Waals surface area contributed by atoms with Crippen LogP contribution in [0.25, 0.3) is 0 Å². The average Bonchev–Trinajstić information content (AvgIpc) is 2.27. The second kappa shape index (κ2) is 4.54. The van der Waals surface area contributed by atoms with Crippen LogP contribution in [0.4, 0.5) is 0 Å². The highest BCUT2D eigenvalue weighted by atomic mass is 15.1. The number of hydrogen-bond donors (Lipinski definition) is 0. The summed E-state index contributed by atoms with van der Waals surface area (Å²) in [4.78, 5) is 7.08. The molecule has 0 fully saturated rings. The highest BCUT2D eigenvalue weighted by Crippen LogP contribution is 2.22. The number of fused-ring (bicyclic) bond motifs is 1. The van der Waals surface area contributed by atoms with Crippen LogP contribution in [0.1, 0.15) is 50.4 Å². The quantitative estimate of drug-likeness (QED) is 0.758. The normalized spacial score (nSPS) is 16.9. The molecule has 16 heavy (non-hydrogen) atoms. The Kier molecular flexibility index (Phi) is 3.29. The Balaban J connectivity index is 2.25. The lowest BCUT2D eigenvalue weighted by molar-refractivity contribution is 0.203. The van der Waals surface area contributed by atoms with Gasteiger partial charge < -0.3 is 0 Å². The zero-order valence-corrected chi connectivity index (χ0v) is 10.8. The molecule has 2 heteroatoms. The van der Waals surface area contributed by atoms with Crippen LogP contribution in [0.15, 0.2) is 12.3 Å². The van der Waals surface area contributed by atoms with Crippen molar-refractivity contribution in [3.8, 4) is 0 Å². The number of hydrogen-bond acceptors (Lipinski definition) is 2. The maximum Gasteiger partial charge on any atom is 0.0432 e. The highest BCUT2D eigenvalue weighted by molar-refractivity contribution is 5.30. The van der Waals surface area contributed by atoms with Gasteiger partial charge in [-0.25, -0.2) is 0 Å². The fraction of sp³-hybridized carbons (Fsp3) is 0.643. The minimum absolute atomic E-state index is 0.528. The second-order valence-corrected chi connectivity index (χ2v) is 5.35. The van der Waals surface area contributed by atoms with Crippen molar-refractivity contribution in [2.45, 2.75) is 52.6 Å². The number of aromatic nitrogens is 1. The number of rotatable bonds is 2. The molecule has 1 aliphatic rings. The molecule has 0 unspecified atom stereocenters. The largest absolute Gasteiger partial charge is 0.296 e. The van der Waals surface area contributed by atoms with Gasteiger partial charge in [-0.15, -0.1) is 0 Å². The van der Waals surface area contributed by atoms with E-state index < -0.39 is 0 Å². The van der Waals surface area contributed by atoms with Gasteiger partial charge in [0.2, 0.25) is 0 Å². The lowest BCUT2D eigenvalue weighted by Gasteiger charge is -2.32. The van der Waals surface area contributed by atoms with Gasteiger partial charge in [0.1, 0.15) is 0 Å². The first kappa shape index (κ1) is 11.6. The van der Waals surface area contributed by atoms with Crippen molar-refractivity contribution in [1.29, 1.82) is 0 Å². The predicted molar refractivity (Wildman–Crippen MR) is 67.6 cm³/mol. The van der Waals surface area contributed by atoms with Gasteiger partial charge in [-0.3, -0.25) is 9.88 Å². The van der Waals surface area contributed by atoms with Gasteiger partial charge >= 0.3 is 0 Å². The Morgan fingerprint density at radius 3 is 2.56 bits per heavy atom. The molecule has 2 heterocycles. The molecule has 2 rings (SSSR count). The summed E-state index contributed by atoms with van der Waals surface area (Å²) < 4.78 is 0. The monoisotopic (exact) mass is 218 g/mol. The molecule has 0 N–H and O–H groups in total. The first-order chi connectivity index (χ1) is 7.58. The average molecular weight is 218 g/mol. The molecular weight excluding hydrogens is 196 g/mol. The molecule has 0 spiro atoms. The smallest absolute Gasteiger partial charge is 0.0432 e. The molecule has 2 nitrogen and oxygen atoms in total. The van der Waals surface area contributed by atoms with Gasteiger partial charge in [-0.05, 0) is 43.4 Å². The van der Waals surface area contributed by atoms with Crippen LogP contribution < -0.4 is 0 Å². The first-order valence-electron chi connectivity index (χ1n) is 6.29. The SMILES string of the molecule is CC(C)c1cc2c(cn1)CCN(C(C)C)C2. The topological polar surface area (TPSA) is 16.1 Å². The summed E-state index contributed by atoms with van der Waals surface area (Å²) >= 11 is 0. The predicted octanol–water partition coefficient (Wildman–Crippen LogP) is 2.97. The Hall–Kier alpha value is -0.890. The van der Waals surface area contributed by atoms with E-state index in [9.17, 15) is 0 Å². The third-order valence-electron chi connectivity index (χ3n) is 3.47. The minimum atomic E-state index is 0.528. The Bertz CT molecular complexity index is 369. The summed E-state index contributed by atoms with van der Waals surface area (Å²) in [6, 6.07) is 2.94. The molecule has 0 radical (unpaired) electrons. The third kappa shape index (κ3) is 2.27. The Morgan fingerprint density at radius 2 is 1.94 bits per heavy atom. The van der Waals surface area contributed by atoms with E-state index in [-0.39, 0.29) is 0 Å². The van der Waals surface area contributed by atoms with Crippen molar-refractivity contribution in [1.82, 2.24) is 9.88 Å². The van der Waals surface area contributed by atoms with Crippen molar-refractivity contribution < 1.29 is 0 Å². The summed E-state index contributed by atoms with van der Waals surface area (Å²) in [7, 11) is 0. The number of nitrogens with zero attached hydrogens (tertiary/aromatic N) is 2. The molecule has 0 bridgehead atoms. The van der Waals surface area contributed by atoms with E-state index in [0.717, 1.165) is 13.0 Å². The molecule has 0 amide bonds. The minimum Gasteiger partial charge on any atom is -0.296 e. The zero-order chi connectivity index (χ0) is 11.7. The van der Waals surface area contributed by atoms with E-state index in [1.807, 2.05) is 0 Å². The van der Waals surface area contributed by atoms with Crippen LogP contribution in [0, 0.1) is 0 Å². The molecule has 1 aliphatic heterocycles. The van der Waals surface area contributed by atoms with Gasteiger partial charge in [0.15, 0.2) is 0 Å². The molecule has 0 aliphatic carbocycles. The van der Waals surface area contributed by atoms with Crippen LogP contribution in [-0.2, 0) is 13.0 Å². The van der Waals surface area contributed by atoms with Gasteiger partial charge in [0.25, 0.3) is 0 Å². The molecule has 1 aromatic rings. The van der Waals surface area contributed by atoms with Crippen LogP contribution in [0.3, 0.4) is 0 Å². The molecule has 0 atom stereocenters. The zero-order valence-electron chi connectivity index (χ0n) is 10.8. The summed E-state index contributed by atoms with van der Waals surface area (Å²) in [6.45, 7) is 11.2. The molecule has 0 saturated heterocycles. The van der Waals surface area contributed by atoms with E-state index in [1.54, 1.807) is 0 Å². The number of pyridine rings is 1. The fourth-order valence-corrected chi connectivity index (χ4v) is 2.23. The van der Waals surface area contributed by atoms with Crippen LogP contribution >= 0.6 is 0 Å². The summed E-state index contributed by atoms with van der Waals surface area (Å²) in [5.74, 6) is 0.528. The molecular formula is C14H22N2. The fourth-order valence-electron chi connectivity index (χ4n) is 2.23. The molecule has 88 valence electrons. The summed E-state index contributed by atoms with van der Waals surface area (Å²) in [5, 5.41) is 0. The second-order valence-electron chi connectivity index (χ2n) is 5.35. The maximum absolute atomic E-state index is 4.54. The lowest BCUT2D eigenvalue weighted by Crippen LogP contribution is -2.36. The van der Waals surface area contributed by atoms with Gasteiger partial charge in [-0.1, -0.05) is 13.8 Å². The van der Waals surface area contributed by atoms with Gasteiger partial charge in [-0.2, -0.15) is 0 Å². The maximum atomic E-state index is 4.54. The van der Waals surface area contributed by atoms with E-state index in [0.29, 0.717) is 12.0 Å². The van der Waals surface area contributed by atoms with Crippen molar-refractivity contribution in [3.63, 3.8) is 0 Å². The molecule has 0 aromatic carbocycles. The Morgan fingerprint density at radius 1 is 1.19 bits per heavy atom. The van der Waals surface area contributed by atoms with Crippen LogP contribution in [0.5, 0.6) is 0 Å². The first-order valence-corrected chi connectivity index (χ1v) is 6.29. The van der Waals surface area contributed by atoms with E-state index in [4.69, 9.17) is 0 Å². The van der Waals surface area contributed by atoms with E-state index >= 15 is 0 Å². The van der Waals surface area contributed by atoms with Crippen molar-refractivity contribution >= 4 is 0 Å². The van der Waals surface area contributed by atoms with Crippen molar-refractivity contribution in [2.24, 2.45) is 0 Å². The molecule has 1 aromatic heterocycles. The van der Waals surface area contributed by atoms with E-state index in [1.165, 1.54) is 23.4 Å². The van der Waals surface area contributed by atoms with E-state index in [2.05, 4.69) is 49.8 Å². The Labute approximate surface area is 98.7 Å². The molecule has 0 saturated carbocycles. The standard InChI is InChI=1S/C14H22N2/c1-10(2)14-7-13-9-16(11(3)4)6-5-12(13)8-15-14/h7-8,10-11H,5-6,9H2,1-4H3. The summed E-state index contributed by atoms with van der Waals surface area (Å²) in [5.41, 5.74) is 4.16. The highest BCUT2D eigenvalue weighted by Gasteiger charge is 2.19. The summed E-state index contributed by atoms with van der Waals surface area (Å²) in [6.07, 6.45) is 3.24. The van der Waals surface area contributed by atoms with Crippen molar-refractivity contribution in [3.05, 3.63) is 29.1 Å². The van der Waals surface area contributed by atoms with Crippen molar-refractivity contribution in [2.75, 3.05) is 6.54 Å². The third-order valence-corrected chi connectivity index (χ3v) is 3.47. The van der Waals surface area contributed by atoms with Gasteiger partial charge in [0, 0.05) is 31.0 Å².